The molecule has 5 rings (SSSR count). The summed E-state index contributed by atoms with van der Waals surface area (Å²) in [4.78, 5) is 41.3. The van der Waals surface area contributed by atoms with Crippen LogP contribution in [0.15, 0.2) is 48.8 Å². The van der Waals surface area contributed by atoms with Crippen molar-refractivity contribution in [2.75, 3.05) is 25.6 Å². The molecule has 0 radical (unpaired) electrons. The normalized spacial score (nSPS) is 11.7. The third-order valence-electron chi connectivity index (χ3n) is 5.92. The van der Waals surface area contributed by atoms with Crippen molar-refractivity contribution < 1.29 is 32.9 Å². The Labute approximate surface area is 243 Å². The summed E-state index contributed by atoms with van der Waals surface area (Å²) < 4.78 is 36.7. The summed E-state index contributed by atoms with van der Waals surface area (Å²) in [5.74, 6) is -0.740. The van der Waals surface area contributed by atoms with E-state index in [4.69, 9.17) is 14.2 Å². The van der Waals surface area contributed by atoms with Crippen LogP contribution in [0, 0.1) is 12.7 Å². The van der Waals surface area contributed by atoms with E-state index in [1.807, 2.05) is 26.0 Å². The lowest BCUT2D eigenvalue weighted by Crippen LogP contribution is -2.24. The van der Waals surface area contributed by atoms with Crippen molar-refractivity contribution in [1.82, 2.24) is 19.9 Å². The minimum absolute atomic E-state index is 0.00653. The van der Waals surface area contributed by atoms with Gasteiger partial charge in [-0.15, -0.1) is 11.3 Å². The van der Waals surface area contributed by atoms with Gasteiger partial charge in [-0.25, -0.2) is 33.9 Å². The number of carbonyl (C=O) groups excluding carboxylic acids is 2. The summed E-state index contributed by atoms with van der Waals surface area (Å²) in [5, 5.41) is 3.16. The highest BCUT2D eigenvalue weighted by Crippen LogP contribution is 2.37. The molecule has 0 fully saturated rings. The van der Waals surface area contributed by atoms with E-state index in [1.54, 1.807) is 19.2 Å². The van der Waals surface area contributed by atoms with Crippen LogP contribution in [0.4, 0.5) is 14.9 Å². The summed E-state index contributed by atoms with van der Waals surface area (Å²) >= 11 is 1.37. The number of halogens is 1. The average Bonchev–Trinajstić information content (AvgIpc) is 3.38. The van der Waals surface area contributed by atoms with E-state index in [0.29, 0.717) is 44.4 Å². The molecule has 0 saturated carbocycles. The van der Waals surface area contributed by atoms with Crippen LogP contribution in [0.2, 0.25) is 0 Å². The van der Waals surface area contributed by atoms with Crippen molar-refractivity contribution in [3.8, 4) is 22.2 Å². The largest absolute Gasteiger partial charge is 0.484 e. The highest BCUT2D eigenvalue weighted by molar-refractivity contribution is 7.21. The van der Waals surface area contributed by atoms with Gasteiger partial charge in [0.25, 0.3) is 0 Å². The maximum atomic E-state index is 15.0. The van der Waals surface area contributed by atoms with E-state index in [0.717, 1.165) is 11.1 Å². The first-order valence-corrected chi connectivity index (χ1v) is 13.7. The molecule has 0 saturated heterocycles. The quantitative estimate of drug-likeness (QED) is 0.205. The third kappa shape index (κ3) is 6.36. The van der Waals surface area contributed by atoms with E-state index in [2.05, 4.69) is 30.0 Å². The number of fused-ring (bicyclic) bond motifs is 2. The Morgan fingerprint density at radius 3 is 2.64 bits per heavy atom. The molecule has 2 aromatic carbocycles. The number of carbonyl (C=O) groups is 2. The second-order valence-corrected chi connectivity index (χ2v) is 10.2. The number of thiazole rings is 1. The first-order chi connectivity index (χ1) is 20.2. The Morgan fingerprint density at radius 2 is 1.90 bits per heavy atom. The monoisotopic (exact) mass is 591 g/mol. The number of rotatable bonds is 9. The number of ether oxygens (including phenoxy) is 4. The lowest BCUT2D eigenvalue weighted by molar-refractivity contribution is 0.0594. The van der Waals surface area contributed by atoms with E-state index in [-0.39, 0.29) is 18.1 Å². The number of aryl methyl sites for hydroxylation is 1. The molecule has 1 atom stereocenters. The Kier molecular flexibility index (Phi) is 8.38. The maximum absolute atomic E-state index is 15.0. The van der Waals surface area contributed by atoms with Gasteiger partial charge in [-0.05, 0) is 50.6 Å². The number of esters is 1. The molecule has 0 spiro atoms. The number of amides is 1. The molecule has 1 N–H and O–H groups in total. The number of aromatic nitrogens is 4. The average molecular weight is 592 g/mol. The van der Waals surface area contributed by atoms with Gasteiger partial charge in [-0.3, -0.25) is 5.32 Å². The molecule has 3 aromatic heterocycles. The molecule has 0 aliphatic carbocycles. The minimum Gasteiger partial charge on any atom is -0.484 e. The van der Waals surface area contributed by atoms with Crippen LogP contribution in [-0.2, 0) is 9.47 Å². The smallest absolute Gasteiger partial charge is 0.411 e. The minimum atomic E-state index is -0.761. The summed E-state index contributed by atoms with van der Waals surface area (Å²) in [5.41, 5.74) is 4.00. The Bertz CT molecular complexity index is 1780. The molecule has 0 bridgehead atoms. The topological polar surface area (TPSA) is 135 Å². The van der Waals surface area contributed by atoms with Crippen LogP contribution in [0.25, 0.3) is 31.8 Å². The summed E-state index contributed by atoms with van der Waals surface area (Å²) in [6, 6.07) is 9.68. The fourth-order valence-corrected chi connectivity index (χ4v) is 5.05. The molecule has 5 aromatic rings. The van der Waals surface area contributed by atoms with E-state index in [1.165, 1.54) is 42.8 Å². The molecule has 216 valence electrons. The number of nitrogens with zero attached hydrogens (tertiary/aromatic N) is 4. The number of pyridine rings is 1. The Hall–Kier alpha value is -4.91. The molecule has 0 unspecified atom stereocenters. The summed E-state index contributed by atoms with van der Waals surface area (Å²) in [6.07, 6.45) is 1.45. The lowest BCUT2D eigenvalue weighted by Gasteiger charge is -2.15. The maximum Gasteiger partial charge on any atom is 0.411 e. The van der Waals surface area contributed by atoms with E-state index in [9.17, 15) is 14.0 Å². The van der Waals surface area contributed by atoms with Crippen LogP contribution in [0.3, 0.4) is 0 Å². The molecule has 13 heteroatoms. The number of hydrogen-bond donors (Lipinski definition) is 1. The third-order valence-corrected chi connectivity index (χ3v) is 6.97. The Balaban J connectivity index is 1.27. The number of anilines is 1. The highest BCUT2D eigenvalue weighted by Gasteiger charge is 2.18. The van der Waals surface area contributed by atoms with Gasteiger partial charge in [0.05, 0.1) is 53.0 Å². The van der Waals surface area contributed by atoms with E-state index >= 15 is 0 Å². The predicted octanol–water partition coefficient (Wildman–Crippen LogP) is 5.95. The first-order valence-electron chi connectivity index (χ1n) is 12.9. The van der Waals surface area contributed by atoms with Crippen molar-refractivity contribution >= 4 is 50.3 Å². The second-order valence-electron chi connectivity index (χ2n) is 9.17. The molecular formula is C29H26FN5O6S. The molecular weight excluding hydrogens is 565 g/mol. The summed E-state index contributed by atoms with van der Waals surface area (Å²) in [7, 11) is 1.25. The van der Waals surface area contributed by atoms with Gasteiger partial charge in [0, 0.05) is 17.7 Å². The zero-order valence-corrected chi connectivity index (χ0v) is 24.0. The van der Waals surface area contributed by atoms with Gasteiger partial charge in [0.15, 0.2) is 11.6 Å². The van der Waals surface area contributed by atoms with E-state index < -0.39 is 24.0 Å². The second kappa shape index (κ2) is 12.3. The standard InChI is InChI=1S/C29H26FN5O6S/c1-5-39-25-13-32-26-18(8-15(2)9-22(26)34-25)27-35-21-10-19(30)23(11-24(21)42-27)41-16(3)14-40-29(37)33-17-6-7-20(31-12-17)28(36)38-4/h6-13,16H,5,14H2,1-4H3,(H,33,37)/t16-/m0/s1. The number of hydrogen-bond acceptors (Lipinski definition) is 11. The van der Waals surface area contributed by atoms with Gasteiger partial charge in [-0.1, -0.05) is 0 Å². The van der Waals surface area contributed by atoms with Crippen LogP contribution in [-0.4, -0.2) is 58.4 Å². The number of methoxy groups -OCH3 is 1. The van der Waals surface area contributed by atoms with Crippen molar-refractivity contribution in [2.24, 2.45) is 0 Å². The van der Waals surface area contributed by atoms with Crippen molar-refractivity contribution in [3.63, 3.8) is 0 Å². The van der Waals surface area contributed by atoms with Crippen LogP contribution >= 0.6 is 11.3 Å². The highest BCUT2D eigenvalue weighted by atomic mass is 32.1. The first kappa shape index (κ1) is 28.6. The van der Waals surface area contributed by atoms with Crippen molar-refractivity contribution in [3.05, 3.63) is 65.9 Å². The molecule has 0 aliphatic rings. The SMILES string of the molecule is CCOc1cnc2c(-c3nc4cc(F)c(O[C@@H](C)COC(=O)Nc5ccc(C(=O)OC)nc5)cc4s3)cc(C)cc2n1. The fourth-order valence-electron chi connectivity index (χ4n) is 4.05. The van der Waals surface area contributed by atoms with Crippen molar-refractivity contribution in [2.45, 2.75) is 26.9 Å². The molecule has 3 heterocycles. The predicted molar refractivity (Wildman–Crippen MR) is 155 cm³/mol. The summed E-state index contributed by atoms with van der Waals surface area (Å²) in [6.45, 7) is 5.82. The van der Waals surface area contributed by atoms with Gasteiger partial charge in [0.2, 0.25) is 5.88 Å². The van der Waals surface area contributed by atoms with Gasteiger partial charge in [-0.2, -0.15) is 0 Å². The van der Waals surface area contributed by atoms with Crippen LogP contribution < -0.4 is 14.8 Å². The zero-order valence-electron chi connectivity index (χ0n) is 23.1. The molecule has 0 aliphatic heterocycles. The zero-order chi connectivity index (χ0) is 29.8. The fraction of sp³-hybridized carbons (Fsp3) is 0.241. The van der Waals surface area contributed by atoms with Gasteiger partial charge < -0.3 is 18.9 Å². The molecule has 42 heavy (non-hydrogen) atoms. The number of nitrogens with one attached hydrogen (secondary N) is 1. The number of benzene rings is 2. The van der Waals surface area contributed by atoms with Crippen LogP contribution in [0.5, 0.6) is 11.6 Å². The lowest BCUT2D eigenvalue weighted by atomic mass is 10.1. The van der Waals surface area contributed by atoms with Gasteiger partial charge >= 0.3 is 12.1 Å². The molecule has 11 nitrogen and oxygen atoms in total. The molecule has 1 amide bonds. The van der Waals surface area contributed by atoms with Crippen LogP contribution in [0.1, 0.15) is 29.9 Å². The van der Waals surface area contributed by atoms with Gasteiger partial charge in [0.1, 0.15) is 23.4 Å². The Morgan fingerprint density at radius 1 is 1.07 bits per heavy atom. The van der Waals surface area contributed by atoms with Crippen molar-refractivity contribution in [1.29, 1.82) is 0 Å².